The molecule has 2 heteroatoms. The van der Waals surface area contributed by atoms with Gasteiger partial charge < -0.3 is 5.32 Å². The standard InChI is InChI=1S/C18H22ClN/c1-14-7-3-4-8-15(14)11-12-17(20-2)13-16-9-5-6-10-18(16)19/h3-10,17,20H,11-13H2,1-2H3. The predicted molar refractivity (Wildman–Crippen MR) is 87.5 cm³/mol. The van der Waals surface area contributed by atoms with E-state index in [-0.39, 0.29) is 0 Å². The average molecular weight is 288 g/mol. The van der Waals surface area contributed by atoms with Crippen LogP contribution in [0.4, 0.5) is 0 Å². The maximum absolute atomic E-state index is 6.24. The van der Waals surface area contributed by atoms with Crippen LogP contribution >= 0.6 is 11.6 Å². The molecule has 0 aromatic heterocycles. The number of likely N-dealkylation sites (N-methyl/N-ethyl adjacent to an activating group) is 1. The number of benzene rings is 2. The molecule has 0 spiro atoms. The number of halogens is 1. The van der Waals surface area contributed by atoms with Gasteiger partial charge in [-0.15, -0.1) is 0 Å². The molecule has 0 amide bonds. The Balaban J connectivity index is 1.96. The zero-order valence-corrected chi connectivity index (χ0v) is 13.0. The molecule has 0 radical (unpaired) electrons. The summed E-state index contributed by atoms with van der Waals surface area (Å²) >= 11 is 6.24. The van der Waals surface area contributed by atoms with E-state index < -0.39 is 0 Å². The summed E-state index contributed by atoms with van der Waals surface area (Å²) in [7, 11) is 2.03. The van der Waals surface area contributed by atoms with Crippen molar-refractivity contribution in [2.75, 3.05) is 7.05 Å². The number of hydrogen-bond acceptors (Lipinski definition) is 1. The first-order valence-corrected chi connectivity index (χ1v) is 7.53. The first-order valence-electron chi connectivity index (χ1n) is 7.16. The summed E-state index contributed by atoms with van der Waals surface area (Å²) < 4.78 is 0. The highest BCUT2D eigenvalue weighted by Gasteiger charge is 2.10. The van der Waals surface area contributed by atoms with Crippen LogP contribution in [0.2, 0.25) is 5.02 Å². The van der Waals surface area contributed by atoms with Gasteiger partial charge in [0.15, 0.2) is 0 Å². The second-order valence-electron chi connectivity index (χ2n) is 5.25. The molecule has 0 fully saturated rings. The molecular weight excluding hydrogens is 266 g/mol. The van der Waals surface area contributed by atoms with Gasteiger partial charge in [0.25, 0.3) is 0 Å². The predicted octanol–water partition coefficient (Wildman–Crippen LogP) is 4.41. The van der Waals surface area contributed by atoms with Crippen LogP contribution in [0.25, 0.3) is 0 Å². The molecule has 0 aliphatic carbocycles. The molecule has 0 heterocycles. The van der Waals surface area contributed by atoms with E-state index in [0.29, 0.717) is 6.04 Å². The summed E-state index contributed by atoms with van der Waals surface area (Å²) in [4.78, 5) is 0. The molecule has 2 aromatic rings. The SMILES string of the molecule is CNC(CCc1ccccc1C)Cc1ccccc1Cl. The lowest BCUT2D eigenvalue weighted by atomic mass is 9.97. The molecule has 0 aliphatic heterocycles. The monoisotopic (exact) mass is 287 g/mol. The molecule has 20 heavy (non-hydrogen) atoms. The quantitative estimate of drug-likeness (QED) is 0.830. The smallest absolute Gasteiger partial charge is 0.0438 e. The van der Waals surface area contributed by atoms with Crippen molar-refractivity contribution >= 4 is 11.6 Å². The Hall–Kier alpha value is -1.31. The van der Waals surface area contributed by atoms with E-state index in [2.05, 4.69) is 48.6 Å². The Morgan fingerprint density at radius 2 is 1.65 bits per heavy atom. The third-order valence-electron chi connectivity index (χ3n) is 3.86. The van der Waals surface area contributed by atoms with Gasteiger partial charge in [0.1, 0.15) is 0 Å². The summed E-state index contributed by atoms with van der Waals surface area (Å²) in [5, 5.41) is 4.27. The molecule has 1 nitrogen and oxygen atoms in total. The van der Waals surface area contributed by atoms with Gasteiger partial charge in [-0.25, -0.2) is 0 Å². The van der Waals surface area contributed by atoms with E-state index >= 15 is 0 Å². The Morgan fingerprint density at radius 3 is 2.30 bits per heavy atom. The highest BCUT2D eigenvalue weighted by atomic mass is 35.5. The molecule has 0 aliphatic rings. The fraction of sp³-hybridized carbons (Fsp3) is 0.333. The van der Waals surface area contributed by atoms with Gasteiger partial charge in [-0.3, -0.25) is 0 Å². The summed E-state index contributed by atoms with van der Waals surface area (Å²) in [6, 6.07) is 17.2. The number of nitrogens with one attached hydrogen (secondary N) is 1. The maximum atomic E-state index is 6.24. The van der Waals surface area contributed by atoms with E-state index in [1.54, 1.807) is 0 Å². The van der Waals surface area contributed by atoms with Crippen LogP contribution in [-0.4, -0.2) is 13.1 Å². The van der Waals surface area contributed by atoms with Crippen molar-refractivity contribution in [3.8, 4) is 0 Å². The van der Waals surface area contributed by atoms with E-state index in [9.17, 15) is 0 Å². The van der Waals surface area contributed by atoms with Crippen molar-refractivity contribution in [1.29, 1.82) is 0 Å². The fourth-order valence-electron chi connectivity index (χ4n) is 2.50. The minimum Gasteiger partial charge on any atom is -0.317 e. The summed E-state index contributed by atoms with van der Waals surface area (Å²) in [6.45, 7) is 2.18. The van der Waals surface area contributed by atoms with E-state index in [1.165, 1.54) is 16.7 Å². The molecule has 0 saturated heterocycles. The van der Waals surface area contributed by atoms with Gasteiger partial charge in [0, 0.05) is 11.1 Å². The maximum Gasteiger partial charge on any atom is 0.0438 e. The summed E-state index contributed by atoms with van der Waals surface area (Å²) in [5.74, 6) is 0. The lowest BCUT2D eigenvalue weighted by Crippen LogP contribution is -2.28. The molecule has 1 atom stereocenters. The van der Waals surface area contributed by atoms with Crippen LogP contribution in [0.3, 0.4) is 0 Å². The fourth-order valence-corrected chi connectivity index (χ4v) is 2.71. The van der Waals surface area contributed by atoms with Crippen molar-refractivity contribution < 1.29 is 0 Å². The van der Waals surface area contributed by atoms with E-state index in [0.717, 1.165) is 24.3 Å². The Morgan fingerprint density at radius 1 is 1.00 bits per heavy atom. The van der Waals surface area contributed by atoms with Gasteiger partial charge in [-0.2, -0.15) is 0 Å². The van der Waals surface area contributed by atoms with Crippen LogP contribution in [0.1, 0.15) is 23.1 Å². The highest BCUT2D eigenvalue weighted by Crippen LogP contribution is 2.19. The summed E-state index contributed by atoms with van der Waals surface area (Å²) in [5.41, 5.74) is 4.03. The van der Waals surface area contributed by atoms with Crippen molar-refractivity contribution in [1.82, 2.24) is 5.32 Å². The minimum absolute atomic E-state index is 0.453. The van der Waals surface area contributed by atoms with Crippen molar-refractivity contribution in [3.05, 3.63) is 70.2 Å². The molecule has 106 valence electrons. The average Bonchev–Trinajstić information content (AvgIpc) is 2.47. The number of aryl methyl sites for hydroxylation is 2. The molecule has 1 unspecified atom stereocenters. The largest absolute Gasteiger partial charge is 0.317 e. The van der Waals surface area contributed by atoms with Gasteiger partial charge in [0.05, 0.1) is 0 Å². The second-order valence-corrected chi connectivity index (χ2v) is 5.65. The Kier molecular flexibility index (Phi) is 5.63. The second kappa shape index (κ2) is 7.47. The molecular formula is C18H22ClN. The third kappa shape index (κ3) is 4.09. The number of hydrogen-bond donors (Lipinski definition) is 1. The first-order chi connectivity index (χ1) is 9.70. The zero-order chi connectivity index (χ0) is 14.4. The van der Waals surface area contributed by atoms with Crippen molar-refractivity contribution in [3.63, 3.8) is 0 Å². The lowest BCUT2D eigenvalue weighted by molar-refractivity contribution is 0.520. The molecule has 0 bridgehead atoms. The van der Waals surface area contributed by atoms with Gasteiger partial charge >= 0.3 is 0 Å². The lowest BCUT2D eigenvalue weighted by Gasteiger charge is -2.17. The zero-order valence-electron chi connectivity index (χ0n) is 12.2. The van der Waals surface area contributed by atoms with Crippen LogP contribution in [0.15, 0.2) is 48.5 Å². The third-order valence-corrected chi connectivity index (χ3v) is 4.22. The Labute approximate surface area is 127 Å². The molecule has 0 saturated carbocycles. The first kappa shape index (κ1) is 15.1. The van der Waals surface area contributed by atoms with Crippen LogP contribution in [0, 0.1) is 6.92 Å². The number of rotatable bonds is 6. The molecule has 2 aromatic carbocycles. The van der Waals surface area contributed by atoms with Crippen molar-refractivity contribution in [2.24, 2.45) is 0 Å². The molecule has 1 N–H and O–H groups in total. The van der Waals surface area contributed by atoms with Crippen molar-refractivity contribution in [2.45, 2.75) is 32.2 Å². The molecule has 2 rings (SSSR count). The normalized spacial score (nSPS) is 12.3. The van der Waals surface area contributed by atoms with Gasteiger partial charge in [0.2, 0.25) is 0 Å². The van der Waals surface area contributed by atoms with Crippen LogP contribution in [-0.2, 0) is 12.8 Å². The highest BCUT2D eigenvalue weighted by molar-refractivity contribution is 6.31. The van der Waals surface area contributed by atoms with E-state index in [4.69, 9.17) is 11.6 Å². The van der Waals surface area contributed by atoms with E-state index in [1.807, 2.05) is 19.2 Å². The topological polar surface area (TPSA) is 12.0 Å². The van der Waals surface area contributed by atoms with Crippen LogP contribution < -0.4 is 5.32 Å². The van der Waals surface area contributed by atoms with Crippen LogP contribution in [0.5, 0.6) is 0 Å². The Bertz CT molecular complexity index is 551. The van der Waals surface area contributed by atoms with Gasteiger partial charge in [-0.1, -0.05) is 54.1 Å². The minimum atomic E-state index is 0.453. The summed E-state index contributed by atoms with van der Waals surface area (Å²) in [6.07, 6.45) is 3.19. The van der Waals surface area contributed by atoms with Gasteiger partial charge in [-0.05, 0) is 56.0 Å².